The zero-order valence-corrected chi connectivity index (χ0v) is 16.5. The second-order valence-corrected chi connectivity index (χ2v) is 7.57. The van der Waals surface area contributed by atoms with E-state index in [1.54, 1.807) is 48.5 Å². The fraction of sp³-hybridized carbons (Fsp3) is 0. The maximum Gasteiger partial charge on any atom is 0.265 e. The summed E-state index contributed by atoms with van der Waals surface area (Å²) in [5, 5.41) is 0.625. The average molecular weight is 402 g/mol. The molecule has 1 unspecified atom stereocenters. The van der Waals surface area contributed by atoms with E-state index in [1.807, 2.05) is 60.7 Å². The van der Waals surface area contributed by atoms with Gasteiger partial charge in [0.25, 0.3) is 8.03 Å². The third kappa shape index (κ3) is 5.28. The minimum absolute atomic E-state index is 0.527. The minimum atomic E-state index is -2.43. The van der Waals surface area contributed by atoms with Crippen molar-refractivity contribution in [2.75, 3.05) is 0 Å². The highest BCUT2D eigenvalue weighted by molar-refractivity contribution is 7.48. The minimum Gasteiger partial charge on any atom is -0.457 e. The van der Waals surface area contributed by atoms with Gasteiger partial charge >= 0.3 is 0 Å². The van der Waals surface area contributed by atoms with Crippen molar-refractivity contribution >= 4 is 13.3 Å². The maximum atomic E-state index is 12.6. The van der Waals surface area contributed by atoms with Gasteiger partial charge in [0.15, 0.2) is 0 Å². The standard InChI is InChI=1S/C24H19O4P/c25-29(24-17-15-22(16-18-24)27-20-9-5-2-6-10-20)28-23-13-11-21(12-14-23)26-19-7-3-1-4-8-19/h1-18,29H. The van der Waals surface area contributed by atoms with Crippen molar-refractivity contribution in [3.63, 3.8) is 0 Å². The van der Waals surface area contributed by atoms with Gasteiger partial charge in [-0.25, -0.2) is 0 Å². The van der Waals surface area contributed by atoms with Crippen LogP contribution in [0.1, 0.15) is 0 Å². The van der Waals surface area contributed by atoms with E-state index in [4.69, 9.17) is 14.0 Å². The lowest BCUT2D eigenvalue weighted by Gasteiger charge is -2.09. The van der Waals surface area contributed by atoms with E-state index in [9.17, 15) is 4.57 Å². The van der Waals surface area contributed by atoms with Crippen LogP contribution in [-0.2, 0) is 4.57 Å². The molecule has 1 atom stereocenters. The number of rotatable bonds is 7. The molecule has 5 heteroatoms. The van der Waals surface area contributed by atoms with Crippen molar-refractivity contribution in [2.45, 2.75) is 0 Å². The Kier molecular flexibility index (Phi) is 5.94. The molecule has 0 N–H and O–H groups in total. The summed E-state index contributed by atoms with van der Waals surface area (Å²) in [6, 6.07) is 33.2. The number of para-hydroxylation sites is 2. The summed E-state index contributed by atoms with van der Waals surface area (Å²) in [7, 11) is -2.43. The summed E-state index contributed by atoms with van der Waals surface area (Å²) in [5.41, 5.74) is 0. The Balaban J connectivity index is 1.36. The molecule has 4 nitrogen and oxygen atoms in total. The lowest BCUT2D eigenvalue weighted by Crippen LogP contribution is -1.99. The van der Waals surface area contributed by atoms with E-state index in [1.165, 1.54) is 0 Å². The third-order valence-corrected chi connectivity index (χ3v) is 5.31. The summed E-state index contributed by atoms with van der Waals surface area (Å²) in [4.78, 5) is 0. The lowest BCUT2D eigenvalue weighted by molar-refractivity contribution is 0.479. The predicted molar refractivity (Wildman–Crippen MR) is 115 cm³/mol. The molecule has 0 aliphatic heterocycles. The van der Waals surface area contributed by atoms with E-state index < -0.39 is 8.03 Å². The van der Waals surface area contributed by atoms with Crippen LogP contribution < -0.4 is 19.3 Å². The molecule has 0 amide bonds. The summed E-state index contributed by atoms with van der Waals surface area (Å²) in [5.74, 6) is 3.40. The summed E-state index contributed by atoms with van der Waals surface area (Å²) < 4.78 is 29.7. The normalized spacial score (nSPS) is 11.4. The van der Waals surface area contributed by atoms with E-state index in [-0.39, 0.29) is 0 Å². The smallest absolute Gasteiger partial charge is 0.265 e. The molecule has 0 aromatic heterocycles. The molecule has 0 saturated carbocycles. The Morgan fingerprint density at radius 1 is 0.448 bits per heavy atom. The van der Waals surface area contributed by atoms with E-state index >= 15 is 0 Å². The Morgan fingerprint density at radius 2 is 0.828 bits per heavy atom. The number of hydrogen-bond donors (Lipinski definition) is 0. The number of benzene rings is 4. The fourth-order valence-corrected chi connectivity index (χ4v) is 3.56. The molecule has 4 aromatic rings. The van der Waals surface area contributed by atoms with Crippen molar-refractivity contribution in [2.24, 2.45) is 0 Å². The van der Waals surface area contributed by atoms with Crippen molar-refractivity contribution < 1.29 is 18.6 Å². The zero-order chi connectivity index (χ0) is 19.9. The average Bonchev–Trinajstić information content (AvgIpc) is 2.77. The van der Waals surface area contributed by atoms with Gasteiger partial charge in [0.05, 0.1) is 0 Å². The van der Waals surface area contributed by atoms with E-state index in [0.717, 1.165) is 11.5 Å². The molecule has 0 radical (unpaired) electrons. The summed E-state index contributed by atoms with van der Waals surface area (Å²) >= 11 is 0. The quantitative estimate of drug-likeness (QED) is 0.333. The first-order valence-corrected chi connectivity index (χ1v) is 10.5. The predicted octanol–water partition coefficient (Wildman–Crippen LogP) is 6.45. The molecular formula is C24H19O4P. The highest BCUT2D eigenvalue weighted by Crippen LogP contribution is 2.30. The molecule has 0 bridgehead atoms. The van der Waals surface area contributed by atoms with Gasteiger partial charge in [0.1, 0.15) is 28.7 Å². The number of hydrogen-bond acceptors (Lipinski definition) is 4. The first-order valence-electron chi connectivity index (χ1n) is 9.14. The first kappa shape index (κ1) is 18.9. The lowest BCUT2D eigenvalue weighted by atomic mass is 10.3. The first-order chi connectivity index (χ1) is 14.3. The zero-order valence-electron chi connectivity index (χ0n) is 15.5. The molecule has 29 heavy (non-hydrogen) atoms. The van der Waals surface area contributed by atoms with Crippen molar-refractivity contribution in [1.29, 1.82) is 0 Å². The topological polar surface area (TPSA) is 44.8 Å². The Bertz CT molecular complexity index is 1060. The van der Waals surface area contributed by atoms with Crippen LogP contribution in [0.2, 0.25) is 0 Å². The van der Waals surface area contributed by atoms with Gasteiger partial charge in [-0.05, 0) is 72.8 Å². The molecule has 4 aromatic carbocycles. The molecule has 4 rings (SSSR count). The molecule has 0 fully saturated rings. The van der Waals surface area contributed by atoms with Gasteiger partial charge in [-0.2, -0.15) is 0 Å². The molecule has 0 heterocycles. The van der Waals surface area contributed by atoms with Gasteiger partial charge in [-0.1, -0.05) is 36.4 Å². The molecular weight excluding hydrogens is 383 g/mol. The Labute approximate surface area is 170 Å². The Morgan fingerprint density at radius 3 is 1.31 bits per heavy atom. The van der Waals surface area contributed by atoms with Crippen LogP contribution in [0.25, 0.3) is 0 Å². The molecule has 0 spiro atoms. The van der Waals surface area contributed by atoms with Gasteiger partial charge in [0, 0.05) is 5.30 Å². The van der Waals surface area contributed by atoms with Crippen LogP contribution in [0.3, 0.4) is 0 Å². The van der Waals surface area contributed by atoms with Crippen LogP contribution in [0, 0.1) is 0 Å². The second-order valence-electron chi connectivity index (χ2n) is 6.22. The third-order valence-electron chi connectivity index (χ3n) is 4.08. The van der Waals surface area contributed by atoms with Gasteiger partial charge in [-0.3, -0.25) is 4.57 Å². The van der Waals surface area contributed by atoms with Crippen molar-refractivity contribution in [3.05, 3.63) is 109 Å². The van der Waals surface area contributed by atoms with E-state index in [2.05, 4.69) is 0 Å². The van der Waals surface area contributed by atoms with Gasteiger partial charge in [0.2, 0.25) is 0 Å². The highest BCUT2D eigenvalue weighted by atomic mass is 31.1. The van der Waals surface area contributed by atoms with Gasteiger partial charge < -0.3 is 14.0 Å². The SMILES string of the molecule is O=[PH](Oc1ccc(Oc2ccccc2)cc1)c1ccc(Oc2ccccc2)cc1. The monoisotopic (exact) mass is 402 g/mol. The van der Waals surface area contributed by atoms with Crippen LogP contribution >= 0.6 is 8.03 Å². The Hall–Kier alpha value is -3.49. The summed E-state index contributed by atoms with van der Waals surface area (Å²) in [6.45, 7) is 0. The van der Waals surface area contributed by atoms with Gasteiger partial charge in [-0.15, -0.1) is 0 Å². The molecule has 0 aliphatic rings. The molecule has 0 saturated heterocycles. The fourth-order valence-electron chi connectivity index (χ4n) is 2.65. The van der Waals surface area contributed by atoms with E-state index in [0.29, 0.717) is 22.6 Å². The van der Waals surface area contributed by atoms with Crippen molar-refractivity contribution in [1.82, 2.24) is 0 Å². The molecule has 144 valence electrons. The van der Waals surface area contributed by atoms with Crippen LogP contribution in [0.5, 0.6) is 28.7 Å². The van der Waals surface area contributed by atoms with Crippen molar-refractivity contribution in [3.8, 4) is 28.7 Å². The van der Waals surface area contributed by atoms with Crippen LogP contribution in [0.4, 0.5) is 0 Å². The number of ether oxygens (including phenoxy) is 2. The van der Waals surface area contributed by atoms with Crippen LogP contribution in [-0.4, -0.2) is 0 Å². The summed E-state index contributed by atoms with van der Waals surface area (Å²) in [6.07, 6.45) is 0. The second kappa shape index (κ2) is 9.13. The van der Waals surface area contributed by atoms with Crippen LogP contribution in [0.15, 0.2) is 109 Å². The highest BCUT2D eigenvalue weighted by Gasteiger charge is 2.07. The molecule has 0 aliphatic carbocycles. The largest absolute Gasteiger partial charge is 0.457 e. The maximum absolute atomic E-state index is 12.6.